The summed E-state index contributed by atoms with van der Waals surface area (Å²) in [6.07, 6.45) is 1.85. The van der Waals surface area contributed by atoms with Gasteiger partial charge in [0.05, 0.1) is 11.4 Å². The quantitative estimate of drug-likeness (QED) is 0.738. The van der Waals surface area contributed by atoms with Crippen molar-refractivity contribution in [3.05, 3.63) is 23.5 Å². The summed E-state index contributed by atoms with van der Waals surface area (Å²) >= 11 is 0. The van der Waals surface area contributed by atoms with E-state index in [2.05, 4.69) is 5.32 Å². The molecule has 1 aromatic rings. The third-order valence-corrected chi connectivity index (χ3v) is 3.76. The minimum atomic E-state index is -1.23. The average Bonchev–Trinajstić information content (AvgIpc) is 2.43. The van der Waals surface area contributed by atoms with Gasteiger partial charge >= 0.3 is 5.97 Å². The first-order chi connectivity index (χ1) is 9.50. The predicted octanol–water partition coefficient (Wildman–Crippen LogP) is 2.33. The summed E-state index contributed by atoms with van der Waals surface area (Å²) in [6, 6.07) is 2.67. The summed E-state index contributed by atoms with van der Waals surface area (Å²) in [5.74, 6) is -1.55. The molecule has 0 saturated carbocycles. The molecule has 0 aliphatic carbocycles. The summed E-state index contributed by atoms with van der Waals surface area (Å²) in [5.41, 5.74) is 5.34. The molecule has 0 amide bonds. The fraction of sp³-hybridized carbons (Fsp3) is 0.500. The highest BCUT2D eigenvalue weighted by Gasteiger charge is 2.23. The molecule has 1 aromatic carbocycles. The van der Waals surface area contributed by atoms with Crippen LogP contribution < -0.4 is 11.1 Å². The number of anilines is 2. The largest absolute Gasteiger partial charge is 0.478 e. The van der Waals surface area contributed by atoms with Gasteiger partial charge < -0.3 is 20.9 Å². The Morgan fingerprint density at radius 1 is 1.50 bits per heavy atom. The lowest BCUT2D eigenvalue weighted by atomic mass is 9.92. The van der Waals surface area contributed by atoms with Crippen molar-refractivity contribution in [2.24, 2.45) is 5.92 Å². The second kappa shape index (κ2) is 6.09. The normalized spacial score (nSPS) is 17.7. The molecule has 6 heteroatoms. The van der Waals surface area contributed by atoms with Crippen molar-refractivity contribution in [1.82, 2.24) is 0 Å². The van der Waals surface area contributed by atoms with E-state index < -0.39 is 11.8 Å². The SMILES string of the molecule is CC(Nc1ccc(F)c(N)c1C(=O)O)C1CCOCC1. The topological polar surface area (TPSA) is 84.6 Å². The summed E-state index contributed by atoms with van der Waals surface area (Å²) in [6.45, 7) is 3.42. The van der Waals surface area contributed by atoms with Gasteiger partial charge in [0.1, 0.15) is 11.4 Å². The first kappa shape index (κ1) is 14.6. The Labute approximate surface area is 116 Å². The van der Waals surface area contributed by atoms with Gasteiger partial charge in [0.15, 0.2) is 0 Å². The minimum absolute atomic E-state index is 0.0712. The molecule has 20 heavy (non-hydrogen) atoms. The van der Waals surface area contributed by atoms with E-state index in [0.717, 1.165) is 12.8 Å². The molecule has 1 aliphatic rings. The van der Waals surface area contributed by atoms with Crippen LogP contribution in [0.5, 0.6) is 0 Å². The van der Waals surface area contributed by atoms with E-state index in [-0.39, 0.29) is 17.3 Å². The van der Waals surface area contributed by atoms with Crippen LogP contribution in [-0.2, 0) is 4.74 Å². The van der Waals surface area contributed by atoms with Crippen molar-refractivity contribution in [3.8, 4) is 0 Å². The zero-order valence-electron chi connectivity index (χ0n) is 11.4. The van der Waals surface area contributed by atoms with Crippen molar-refractivity contribution >= 4 is 17.3 Å². The van der Waals surface area contributed by atoms with Crippen LogP contribution in [0.3, 0.4) is 0 Å². The number of hydrogen-bond acceptors (Lipinski definition) is 4. The predicted molar refractivity (Wildman–Crippen MR) is 74.4 cm³/mol. The number of aromatic carboxylic acids is 1. The number of hydrogen-bond donors (Lipinski definition) is 3. The van der Waals surface area contributed by atoms with E-state index in [1.165, 1.54) is 12.1 Å². The summed E-state index contributed by atoms with van der Waals surface area (Å²) in [4.78, 5) is 11.2. The van der Waals surface area contributed by atoms with Gasteiger partial charge in [0.2, 0.25) is 0 Å². The molecule has 0 aromatic heterocycles. The molecule has 2 rings (SSSR count). The summed E-state index contributed by atoms with van der Waals surface area (Å²) in [7, 11) is 0. The van der Waals surface area contributed by atoms with Gasteiger partial charge in [-0.25, -0.2) is 9.18 Å². The number of carboxylic acid groups (broad SMARTS) is 1. The van der Waals surface area contributed by atoms with E-state index in [1.807, 2.05) is 6.92 Å². The fourth-order valence-corrected chi connectivity index (χ4v) is 2.52. The Morgan fingerprint density at radius 3 is 2.75 bits per heavy atom. The Balaban J connectivity index is 2.20. The molecule has 0 radical (unpaired) electrons. The molecule has 1 unspecified atom stereocenters. The number of carboxylic acids is 1. The Kier molecular flexibility index (Phi) is 4.44. The van der Waals surface area contributed by atoms with Crippen molar-refractivity contribution in [2.75, 3.05) is 24.3 Å². The van der Waals surface area contributed by atoms with Crippen LogP contribution in [0.25, 0.3) is 0 Å². The Morgan fingerprint density at radius 2 is 2.15 bits per heavy atom. The number of nitrogens with two attached hydrogens (primary N) is 1. The second-order valence-electron chi connectivity index (χ2n) is 5.07. The molecular formula is C14H19FN2O3. The Bertz CT molecular complexity index is 501. The Hall–Kier alpha value is -1.82. The van der Waals surface area contributed by atoms with Crippen LogP contribution >= 0.6 is 0 Å². The van der Waals surface area contributed by atoms with Crippen LogP contribution in [0.4, 0.5) is 15.8 Å². The summed E-state index contributed by atoms with van der Waals surface area (Å²) < 4.78 is 18.7. The number of benzene rings is 1. The lowest BCUT2D eigenvalue weighted by Crippen LogP contribution is -2.31. The maximum atomic E-state index is 13.4. The zero-order valence-corrected chi connectivity index (χ0v) is 11.4. The van der Waals surface area contributed by atoms with Gasteiger partial charge in [-0.15, -0.1) is 0 Å². The third-order valence-electron chi connectivity index (χ3n) is 3.76. The molecule has 4 N–H and O–H groups in total. The number of ether oxygens (including phenoxy) is 1. The van der Waals surface area contributed by atoms with Gasteiger partial charge in [-0.05, 0) is 37.8 Å². The highest BCUT2D eigenvalue weighted by Crippen LogP contribution is 2.28. The number of rotatable bonds is 4. The van der Waals surface area contributed by atoms with E-state index in [4.69, 9.17) is 10.5 Å². The standard InChI is InChI=1S/C14H19FN2O3/c1-8(9-4-6-20-7-5-9)17-11-3-2-10(15)13(16)12(11)14(18)19/h2-3,8-9,17H,4-7,16H2,1H3,(H,18,19). The number of halogens is 1. The van der Waals surface area contributed by atoms with Crippen molar-refractivity contribution in [3.63, 3.8) is 0 Å². The smallest absolute Gasteiger partial charge is 0.340 e. The van der Waals surface area contributed by atoms with Crippen molar-refractivity contribution in [2.45, 2.75) is 25.8 Å². The lowest BCUT2D eigenvalue weighted by molar-refractivity contribution is 0.0621. The highest BCUT2D eigenvalue weighted by molar-refractivity contribution is 6.00. The molecule has 0 bridgehead atoms. The minimum Gasteiger partial charge on any atom is -0.478 e. The number of carbonyl (C=O) groups is 1. The van der Waals surface area contributed by atoms with Crippen LogP contribution in [0, 0.1) is 11.7 Å². The van der Waals surface area contributed by atoms with Crippen molar-refractivity contribution < 1.29 is 19.0 Å². The molecule has 1 aliphatic heterocycles. The number of nitrogen functional groups attached to an aromatic ring is 1. The van der Waals surface area contributed by atoms with Crippen LogP contribution in [-0.4, -0.2) is 30.3 Å². The van der Waals surface area contributed by atoms with Crippen LogP contribution in [0.1, 0.15) is 30.1 Å². The molecule has 1 atom stereocenters. The van der Waals surface area contributed by atoms with E-state index in [9.17, 15) is 14.3 Å². The van der Waals surface area contributed by atoms with Crippen LogP contribution in [0.2, 0.25) is 0 Å². The fourth-order valence-electron chi connectivity index (χ4n) is 2.52. The highest BCUT2D eigenvalue weighted by atomic mass is 19.1. The molecule has 110 valence electrons. The third kappa shape index (κ3) is 3.01. The number of nitrogens with one attached hydrogen (secondary N) is 1. The average molecular weight is 282 g/mol. The first-order valence-corrected chi connectivity index (χ1v) is 6.66. The van der Waals surface area contributed by atoms with Crippen molar-refractivity contribution in [1.29, 1.82) is 0 Å². The van der Waals surface area contributed by atoms with Gasteiger partial charge in [-0.3, -0.25) is 0 Å². The lowest BCUT2D eigenvalue weighted by Gasteiger charge is -2.29. The molecule has 1 saturated heterocycles. The van der Waals surface area contributed by atoms with E-state index in [0.29, 0.717) is 24.8 Å². The molecule has 1 fully saturated rings. The first-order valence-electron chi connectivity index (χ1n) is 6.66. The molecule has 0 spiro atoms. The maximum absolute atomic E-state index is 13.4. The van der Waals surface area contributed by atoms with E-state index >= 15 is 0 Å². The van der Waals surface area contributed by atoms with Crippen LogP contribution in [0.15, 0.2) is 12.1 Å². The molecule has 5 nitrogen and oxygen atoms in total. The second-order valence-corrected chi connectivity index (χ2v) is 5.07. The maximum Gasteiger partial charge on any atom is 0.340 e. The van der Waals surface area contributed by atoms with Gasteiger partial charge in [-0.1, -0.05) is 0 Å². The zero-order chi connectivity index (χ0) is 14.7. The van der Waals surface area contributed by atoms with Gasteiger partial charge in [0.25, 0.3) is 0 Å². The monoisotopic (exact) mass is 282 g/mol. The van der Waals surface area contributed by atoms with Gasteiger partial charge in [0, 0.05) is 19.3 Å². The molecular weight excluding hydrogens is 263 g/mol. The summed E-state index contributed by atoms with van der Waals surface area (Å²) in [5, 5.41) is 12.3. The van der Waals surface area contributed by atoms with E-state index in [1.54, 1.807) is 0 Å². The van der Waals surface area contributed by atoms with Gasteiger partial charge in [-0.2, -0.15) is 0 Å². The molecule has 1 heterocycles.